The van der Waals surface area contributed by atoms with E-state index >= 15 is 0 Å². The number of amides is 1. The van der Waals surface area contributed by atoms with Crippen LogP contribution in [0.1, 0.15) is 22.8 Å². The van der Waals surface area contributed by atoms with E-state index in [4.69, 9.17) is 42.8 Å². The highest BCUT2D eigenvalue weighted by Crippen LogP contribution is 2.32. The van der Waals surface area contributed by atoms with Crippen LogP contribution < -0.4 is 24.8 Å². The summed E-state index contributed by atoms with van der Waals surface area (Å²) in [5, 5.41) is 6.27. The summed E-state index contributed by atoms with van der Waals surface area (Å²) < 4.78 is 21.3. The molecule has 0 bridgehead atoms. The molecule has 0 atom stereocenters. The first kappa shape index (κ1) is 23.7. The molecular weight excluding hydrogens is 428 g/mol. The zero-order valence-corrected chi connectivity index (χ0v) is 18.7. The fraction of sp³-hybridized carbons (Fsp3) is 0.333. The van der Waals surface area contributed by atoms with Crippen LogP contribution >= 0.6 is 23.8 Å². The third kappa shape index (κ3) is 7.05. The molecular formula is C21H25ClN2O5S. The number of benzene rings is 2. The summed E-state index contributed by atoms with van der Waals surface area (Å²) in [5.41, 5.74) is 1.17. The molecule has 0 aliphatic rings. The number of ether oxygens (including phenoxy) is 4. The molecule has 0 fully saturated rings. The predicted molar refractivity (Wildman–Crippen MR) is 120 cm³/mol. The van der Waals surface area contributed by atoms with Gasteiger partial charge in [-0.3, -0.25) is 10.1 Å². The van der Waals surface area contributed by atoms with Crippen LogP contribution in [0.2, 0.25) is 5.02 Å². The van der Waals surface area contributed by atoms with Crippen molar-refractivity contribution in [3.8, 4) is 17.2 Å². The highest BCUT2D eigenvalue weighted by atomic mass is 35.5. The van der Waals surface area contributed by atoms with Gasteiger partial charge in [-0.1, -0.05) is 17.7 Å². The highest BCUT2D eigenvalue weighted by Gasteiger charge is 2.12. The minimum absolute atomic E-state index is 0.175. The van der Waals surface area contributed by atoms with E-state index in [9.17, 15) is 4.79 Å². The summed E-state index contributed by atoms with van der Waals surface area (Å²) in [6, 6.07) is 10.3. The number of carbonyl (C=O) groups excluding carboxylic acids is 1. The molecule has 9 heteroatoms. The molecule has 30 heavy (non-hydrogen) atoms. The first-order chi connectivity index (χ1) is 14.5. The summed E-state index contributed by atoms with van der Waals surface area (Å²) in [7, 11) is 3.08. The van der Waals surface area contributed by atoms with Crippen molar-refractivity contribution in [2.24, 2.45) is 0 Å². The molecule has 0 saturated carbocycles. The molecule has 0 aromatic heterocycles. The van der Waals surface area contributed by atoms with Gasteiger partial charge in [-0.2, -0.15) is 0 Å². The third-order valence-electron chi connectivity index (χ3n) is 4.02. The van der Waals surface area contributed by atoms with Crippen molar-refractivity contribution in [2.45, 2.75) is 13.5 Å². The average Bonchev–Trinajstić information content (AvgIpc) is 2.75. The summed E-state index contributed by atoms with van der Waals surface area (Å²) >= 11 is 11.5. The topological polar surface area (TPSA) is 78.1 Å². The van der Waals surface area contributed by atoms with Gasteiger partial charge < -0.3 is 24.3 Å². The standard InChI is InChI=1S/C21H25ClN2O5S/c1-4-28-8-9-29-16-7-5-6-14(10-16)20(25)24-21(30)23-13-15-11-18(26-2)19(27-3)12-17(15)22/h5-7,10-12H,4,8-9,13H2,1-3H3,(H2,23,24,25,30). The maximum atomic E-state index is 12.5. The lowest BCUT2D eigenvalue weighted by atomic mass is 10.2. The Labute approximate surface area is 186 Å². The fourth-order valence-electron chi connectivity index (χ4n) is 2.52. The van der Waals surface area contributed by atoms with Crippen molar-refractivity contribution < 1.29 is 23.7 Å². The Morgan fingerprint density at radius 1 is 1.10 bits per heavy atom. The van der Waals surface area contributed by atoms with Gasteiger partial charge in [0.05, 0.1) is 20.8 Å². The van der Waals surface area contributed by atoms with Gasteiger partial charge in [0.25, 0.3) is 5.91 Å². The van der Waals surface area contributed by atoms with Crippen LogP contribution in [-0.2, 0) is 11.3 Å². The molecule has 2 N–H and O–H groups in total. The van der Waals surface area contributed by atoms with Gasteiger partial charge in [0, 0.05) is 29.8 Å². The summed E-state index contributed by atoms with van der Waals surface area (Å²) in [6.45, 7) is 3.75. The molecule has 0 aliphatic carbocycles. The summed E-state index contributed by atoms with van der Waals surface area (Å²) in [4.78, 5) is 12.5. The van der Waals surface area contributed by atoms with E-state index in [0.717, 1.165) is 5.56 Å². The van der Waals surface area contributed by atoms with E-state index in [-0.39, 0.29) is 11.0 Å². The number of methoxy groups -OCH3 is 2. The summed E-state index contributed by atoms with van der Waals surface area (Å²) in [6.07, 6.45) is 0. The maximum absolute atomic E-state index is 12.5. The molecule has 7 nitrogen and oxygen atoms in total. The SMILES string of the molecule is CCOCCOc1cccc(C(=O)NC(=S)NCc2cc(OC)c(OC)cc2Cl)c1. The van der Waals surface area contributed by atoms with Crippen LogP contribution in [0.4, 0.5) is 0 Å². The molecule has 2 aromatic rings. The Hall–Kier alpha value is -2.55. The first-order valence-corrected chi connectivity index (χ1v) is 10.1. The number of hydrogen-bond donors (Lipinski definition) is 2. The molecule has 0 radical (unpaired) electrons. The Bertz CT molecular complexity index is 878. The van der Waals surface area contributed by atoms with Gasteiger partial charge in [-0.05, 0) is 49.0 Å². The largest absolute Gasteiger partial charge is 0.493 e. The molecule has 0 saturated heterocycles. The van der Waals surface area contributed by atoms with Gasteiger partial charge in [-0.15, -0.1) is 0 Å². The van der Waals surface area contributed by atoms with Crippen LogP contribution in [0.3, 0.4) is 0 Å². The quantitative estimate of drug-likeness (QED) is 0.421. The first-order valence-electron chi connectivity index (χ1n) is 9.28. The predicted octanol–water partition coefficient (Wildman–Crippen LogP) is 3.58. The maximum Gasteiger partial charge on any atom is 0.257 e. The Morgan fingerprint density at radius 3 is 2.53 bits per heavy atom. The smallest absolute Gasteiger partial charge is 0.257 e. The van der Waals surface area contributed by atoms with Gasteiger partial charge in [0.1, 0.15) is 12.4 Å². The van der Waals surface area contributed by atoms with Crippen LogP contribution in [0.15, 0.2) is 36.4 Å². The second-order valence-electron chi connectivity index (χ2n) is 6.01. The fourth-order valence-corrected chi connectivity index (χ4v) is 2.90. The van der Waals surface area contributed by atoms with E-state index in [1.807, 2.05) is 6.92 Å². The Morgan fingerprint density at radius 2 is 1.83 bits per heavy atom. The van der Waals surface area contributed by atoms with E-state index in [1.54, 1.807) is 43.5 Å². The van der Waals surface area contributed by atoms with E-state index in [0.29, 0.717) is 54.2 Å². The number of halogens is 1. The van der Waals surface area contributed by atoms with Gasteiger partial charge in [0.15, 0.2) is 16.6 Å². The van der Waals surface area contributed by atoms with Gasteiger partial charge in [-0.25, -0.2) is 0 Å². The molecule has 0 unspecified atom stereocenters. The van der Waals surface area contributed by atoms with Crippen molar-refractivity contribution >= 4 is 34.8 Å². The second-order valence-corrected chi connectivity index (χ2v) is 6.82. The zero-order chi connectivity index (χ0) is 21.9. The molecule has 162 valence electrons. The lowest BCUT2D eigenvalue weighted by molar-refractivity contribution is 0.0975. The van der Waals surface area contributed by atoms with Crippen molar-refractivity contribution in [1.82, 2.24) is 10.6 Å². The highest BCUT2D eigenvalue weighted by molar-refractivity contribution is 7.80. The zero-order valence-electron chi connectivity index (χ0n) is 17.1. The van der Waals surface area contributed by atoms with Crippen molar-refractivity contribution in [2.75, 3.05) is 34.0 Å². The molecule has 0 aliphatic heterocycles. The van der Waals surface area contributed by atoms with E-state index < -0.39 is 0 Å². The number of hydrogen-bond acceptors (Lipinski definition) is 6. The van der Waals surface area contributed by atoms with Gasteiger partial charge >= 0.3 is 0 Å². The molecule has 0 spiro atoms. The molecule has 2 aromatic carbocycles. The molecule has 0 heterocycles. The van der Waals surface area contributed by atoms with Crippen LogP contribution in [0.25, 0.3) is 0 Å². The molecule has 2 rings (SSSR count). The molecule has 1 amide bonds. The number of carbonyl (C=O) groups is 1. The normalized spacial score (nSPS) is 10.3. The third-order valence-corrected chi connectivity index (χ3v) is 4.61. The lowest BCUT2D eigenvalue weighted by Crippen LogP contribution is -2.38. The average molecular weight is 453 g/mol. The minimum atomic E-state index is -0.346. The number of thiocarbonyl (C=S) groups is 1. The number of rotatable bonds is 10. The van der Waals surface area contributed by atoms with Crippen LogP contribution in [-0.4, -0.2) is 45.1 Å². The minimum Gasteiger partial charge on any atom is -0.493 e. The van der Waals surface area contributed by atoms with E-state index in [1.165, 1.54) is 7.11 Å². The van der Waals surface area contributed by atoms with Crippen LogP contribution in [0, 0.1) is 0 Å². The summed E-state index contributed by atoms with van der Waals surface area (Å²) in [5.74, 6) is 1.32. The Kier molecular flexibility index (Phi) is 9.66. The van der Waals surface area contributed by atoms with E-state index in [2.05, 4.69) is 10.6 Å². The Balaban J connectivity index is 1.91. The van der Waals surface area contributed by atoms with Crippen LogP contribution in [0.5, 0.6) is 17.2 Å². The lowest BCUT2D eigenvalue weighted by Gasteiger charge is -2.14. The van der Waals surface area contributed by atoms with Crippen molar-refractivity contribution in [3.63, 3.8) is 0 Å². The monoisotopic (exact) mass is 452 g/mol. The van der Waals surface area contributed by atoms with Crippen molar-refractivity contribution in [3.05, 3.63) is 52.5 Å². The van der Waals surface area contributed by atoms with Crippen molar-refractivity contribution in [1.29, 1.82) is 0 Å². The second kappa shape index (κ2) is 12.2. The number of nitrogens with one attached hydrogen (secondary N) is 2. The van der Waals surface area contributed by atoms with Gasteiger partial charge in [0.2, 0.25) is 0 Å².